The number of piperazine rings is 1. The van der Waals surface area contributed by atoms with Crippen molar-refractivity contribution in [3.05, 3.63) is 78.9 Å². The van der Waals surface area contributed by atoms with E-state index in [1.165, 1.54) is 29.3 Å². The van der Waals surface area contributed by atoms with Crippen LogP contribution in [0.15, 0.2) is 83.8 Å². The molecule has 6 nitrogen and oxygen atoms in total. The van der Waals surface area contributed by atoms with Crippen molar-refractivity contribution < 1.29 is 8.42 Å². The summed E-state index contributed by atoms with van der Waals surface area (Å²) in [6.07, 6.45) is 4.67. The molecule has 1 aromatic heterocycles. The molecule has 1 aliphatic carbocycles. The van der Waals surface area contributed by atoms with Gasteiger partial charge in [0.2, 0.25) is 10.0 Å². The molecular formula is C31H36N4O2S2. The van der Waals surface area contributed by atoms with Crippen molar-refractivity contribution in [2.45, 2.75) is 30.6 Å². The fourth-order valence-corrected chi connectivity index (χ4v) is 8.08. The molecular weight excluding hydrogens is 525 g/mol. The van der Waals surface area contributed by atoms with E-state index in [4.69, 9.17) is 4.37 Å². The maximum absolute atomic E-state index is 13.3. The number of rotatable bonds is 8. The zero-order valence-corrected chi connectivity index (χ0v) is 23.8. The Balaban J connectivity index is 1.06. The first-order valence-electron chi connectivity index (χ1n) is 14.0. The third-order valence-electron chi connectivity index (χ3n) is 8.38. The van der Waals surface area contributed by atoms with E-state index in [0.29, 0.717) is 23.3 Å². The van der Waals surface area contributed by atoms with Gasteiger partial charge in [-0.25, -0.2) is 13.1 Å². The van der Waals surface area contributed by atoms with E-state index >= 15 is 0 Å². The lowest BCUT2D eigenvalue weighted by atomic mass is 9.79. The van der Waals surface area contributed by atoms with Gasteiger partial charge in [-0.1, -0.05) is 67.4 Å². The van der Waals surface area contributed by atoms with E-state index in [0.717, 1.165) is 56.1 Å². The van der Waals surface area contributed by atoms with Crippen molar-refractivity contribution in [1.29, 1.82) is 0 Å². The van der Waals surface area contributed by atoms with E-state index in [9.17, 15) is 8.42 Å². The average Bonchev–Trinajstić information content (AvgIpc) is 3.42. The summed E-state index contributed by atoms with van der Waals surface area (Å²) in [5.41, 5.74) is 1.93. The Bertz CT molecular complexity index is 1500. The summed E-state index contributed by atoms with van der Waals surface area (Å²) in [6, 6.07) is 25.7. The zero-order chi connectivity index (χ0) is 26.7. The summed E-state index contributed by atoms with van der Waals surface area (Å²) in [5, 5.41) is 1.25. The molecule has 2 aliphatic rings. The van der Waals surface area contributed by atoms with Gasteiger partial charge in [0.15, 0.2) is 0 Å². The maximum Gasteiger partial charge on any atom is 0.240 e. The number of nitrogens with one attached hydrogen (secondary N) is 1. The van der Waals surface area contributed by atoms with E-state index in [1.54, 1.807) is 23.7 Å². The molecule has 2 fully saturated rings. The fourth-order valence-electron chi connectivity index (χ4n) is 6.14. The minimum atomic E-state index is -3.57. The van der Waals surface area contributed by atoms with Gasteiger partial charge in [-0.15, -0.1) is 0 Å². The first kappa shape index (κ1) is 26.4. The van der Waals surface area contributed by atoms with Gasteiger partial charge < -0.3 is 4.90 Å². The Kier molecular flexibility index (Phi) is 7.97. The molecule has 8 heteroatoms. The van der Waals surface area contributed by atoms with E-state index in [2.05, 4.69) is 38.8 Å². The van der Waals surface area contributed by atoms with Crippen LogP contribution >= 0.6 is 11.5 Å². The van der Waals surface area contributed by atoms with Crippen LogP contribution in [0.2, 0.25) is 0 Å². The SMILES string of the molecule is O=S(=O)(NC[C@@H]1CCCC[C@@H]1CN1CCN(c2nsc3ccccc23)CC1)c1cccc(-c2ccccc2)c1. The van der Waals surface area contributed by atoms with Gasteiger partial charge in [-0.3, -0.25) is 4.90 Å². The normalized spacial score (nSPS) is 20.9. The predicted molar refractivity (Wildman–Crippen MR) is 161 cm³/mol. The number of anilines is 1. The molecule has 0 amide bonds. The quantitative estimate of drug-likeness (QED) is 0.292. The molecule has 204 valence electrons. The van der Waals surface area contributed by atoms with Crippen LogP contribution in [-0.2, 0) is 10.0 Å². The van der Waals surface area contributed by atoms with Gasteiger partial charge in [0.25, 0.3) is 0 Å². The second kappa shape index (κ2) is 11.8. The van der Waals surface area contributed by atoms with Crippen molar-refractivity contribution in [3.63, 3.8) is 0 Å². The minimum absolute atomic E-state index is 0.335. The van der Waals surface area contributed by atoms with Gasteiger partial charge in [0, 0.05) is 44.7 Å². The Morgan fingerprint density at radius 3 is 2.36 bits per heavy atom. The van der Waals surface area contributed by atoms with Crippen molar-refractivity contribution in [3.8, 4) is 11.1 Å². The maximum atomic E-state index is 13.3. The Hall–Kier alpha value is -2.78. The molecule has 0 bridgehead atoms. The van der Waals surface area contributed by atoms with Crippen molar-refractivity contribution in [1.82, 2.24) is 14.0 Å². The van der Waals surface area contributed by atoms with Gasteiger partial charge in [-0.05, 0) is 71.6 Å². The monoisotopic (exact) mass is 560 g/mol. The summed E-state index contributed by atoms with van der Waals surface area (Å²) < 4.78 is 35.5. The van der Waals surface area contributed by atoms with Crippen LogP contribution in [0, 0.1) is 11.8 Å². The highest BCUT2D eigenvalue weighted by Crippen LogP contribution is 2.33. The molecule has 0 spiro atoms. The van der Waals surface area contributed by atoms with Crippen LogP contribution < -0.4 is 9.62 Å². The Labute approximate surface area is 235 Å². The molecule has 1 aliphatic heterocycles. The third kappa shape index (κ3) is 6.04. The molecule has 39 heavy (non-hydrogen) atoms. The molecule has 0 unspecified atom stereocenters. The van der Waals surface area contributed by atoms with Crippen LogP contribution in [-0.4, -0.2) is 57.0 Å². The summed E-state index contributed by atoms with van der Waals surface area (Å²) in [4.78, 5) is 5.33. The number of sulfonamides is 1. The summed E-state index contributed by atoms with van der Waals surface area (Å²) in [7, 11) is -3.57. The molecule has 2 heterocycles. The van der Waals surface area contributed by atoms with Crippen LogP contribution in [0.25, 0.3) is 21.2 Å². The average molecular weight is 561 g/mol. The first-order chi connectivity index (χ1) is 19.1. The second-order valence-electron chi connectivity index (χ2n) is 10.8. The largest absolute Gasteiger partial charge is 0.353 e. The minimum Gasteiger partial charge on any atom is -0.353 e. The van der Waals surface area contributed by atoms with Crippen molar-refractivity contribution in [2.24, 2.45) is 11.8 Å². The topological polar surface area (TPSA) is 65.5 Å². The van der Waals surface area contributed by atoms with Crippen molar-refractivity contribution >= 4 is 37.5 Å². The number of hydrogen-bond donors (Lipinski definition) is 1. The number of benzene rings is 3. The molecule has 1 N–H and O–H groups in total. The van der Waals surface area contributed by atoms with Gasteiger partial charge in [0.1, 0.15) is 5.82 Å². The zero-order valence-electron chi connectivity index (χ0n) is 22.2. The van der Waals surface area contributed by atoms with Gasteiger partial charge in [-0.2, -0.15) is 4.37 Å². The summed E-state index contributed by atoms with van der Waals surface area (Å²) in [6.45, 7) is 5.56. The van der Waals surface area contributed by atoms with Crippen LogP contribution in [0.1, 0.15) is 25.7 Å². The third-order valence-corrected chi connectivity index (χ3v) is 10.6. The smallest absolute Gasteiger partial charge is 0.240 e. The van der Waals surface area contributed by atoms with Crippen molar-refractivity contribution in [2.75, 3.05) is 44.2 Å². The number of aromatic nitrogens is 1. The molecule has 4 aromatic rings. The van der Waals surface area contributed by atoms with Crippen LogP contribution in [0.4, 0.5) is 5.82 Å². The number of fused-ring (bicyclic) bond motifs is 1. The number of nitrogens with zero attached hydrogens (tertiary/aromatic N) is 3. The van der Waals surface area contributed by atoms with E-state index < -0.39 is 10.0 Å². The molecule has 0 radical (unpaired) electrons. The fraction of sp³-hybridized carbons (Fsp3) is 0.387. The Morgan fingerprint density at radius 2 is 1.54 bits per heavy atom. The Morgan fingerprint density at radius 1 is 0.821 bits per heavy atom. The first-order valence-corrected chi connectivity index (χ1v) is 16.3. The second-order valence-corrected chi connectivity index (χ2v) is 13.4. The van der Waals surface area contributed by atoms with Gasteiger partial charge in [0.05, 0.1) is 9.60 Å². The lowest BCUT2D eigenvalue weighted by Gasteiger charge is -2.40. The molecule has 2 atom stereocenters. The predicted octanol–water partition coefficient (Wildman–Crippen LogP) is 5.87. The summed E-state index contributed by atoms with van der Waals surface area (Å²) in [5.74, 6) is 2.01. The highest BCUT2D eigenvalue weighted by Gasteiger charge is 2.30. The molecule has 3 aromatic carbocycles. The lowest BCUT2D eigenvalue weighted by Crippen LogP contribution is -2.49. The molecule has 1 saturated heterocycles. The van der Waals surface area contributed by atoms with Crippen LogP contribution in [0.3, 0.4) is 0 Å². The highest BCUT2D eigenvalue weighted by atomic mass is 32.2. The number of hydrogen-bond acceptors (Lipinski definition) is 6. The highest BCUT2D eigenvalue weighted by molar-refractivity contribution is 7.89. The van der Waals surface area contributed by atoms with Gasteiger partial charge >= 0.3 is 0 Å². The standard InChI is InChI=1S/C31H36N4O2S2/c36-39(37,28-14-8-13-25(21-28)24-9-2-1-3-10-24)32-22-26-11-4-5-12-27(26)23-34-17-19-35(20-18-34)31-29-15-6-7-16-30(29)38-33-31/h1-3,6-10,13-16,21,26-27,32H,4-5,11-12,17-20,22-23H2/t26-,27+/m0/s1. The van der Waals surface area contributed by atoms with Crippen LogP contribution in [0.5, 0.6) is 0 Å². The van der Waals surface area contributed by atoms with E-state index in [-0.39, 0.29) is 0 Å². The van der Waals surface area contributed by atoms with E-state index in [1.807, 2.05) is 42.5 Å². The lowest BCUT2D eigenvalue weighted by molar-refractivity contribution is 0.147. The molecule has 1 saturated carbocycles. The summed E-state index contributed by atoms with van der Waals surface area (Å²) >= 11 is 1.58. The molecule has 6 rings (SSSR count).